The van der Waals surface area contributed by atoms with Crippen molar-refractivity contribution < 1.29 is 23.9 Å². The third-order valence-corrected chi connectivity index (χ3v) is 5.39. The van der Waals surface area contributed by atoms with Crippen LogP contribution in [-0.4, -0.2) is 32.2 Å². The molecule has 0 bridgehead atoms. The number of hydrogen-bond donors (Lipinski definition) is 1. The van der Waals surface area contributed by atoms with E-state index in [0.29, 0.717) is 34.9 Å². The lowest BCUT2D eigenvalue weighted by Crippen LogP contribution is -2.31. The van der Waals surface area contributed by atoms with Crippen LogP contribution >= 0.6 is 15.9 Å². The van der Waals surface area contributed by atoms with Gasteiger partial charge in [-0.1, -0.05) is 21.9 Å². The van der Waals surface area contributed by atoms with Gasteiger partial charge in [-0.2, -0.15) is 5.48 Å². The molecular weight excluding hydrogens is 426 g/mol. The van der Waals surface area contributed by atoms with Gasteiger partial charge in [0.1, 0.15) is 5.75 Å². The van der Waals surface area contributed by atoms with Gasteiger partial charge in [0.2, 0.25) is 0 Å². The summed E-state index contributed by atoms with van der Waals surface area (Å²) in [6.45, 7) is 5.04. The summed E-state index contributed by atoms with van der Waals surface area (Å²) in [5, 5.41) is 0. The Morgan fingerprint density at radius 3 is 2.79 bits per heavy atom. The van der Waals surface area contributed by atoms with E-state index in [9.17, 15) is 9.59 Å². The van der Waals surface area contributed by atoms with Gasteiger partial charge in [-0.05, 0) is 51.2 Å². The Kier molecular flexibility index (Phi) is 8.81. The fraction of sp³-hybridized carbons (Fsp3) is 0.524. The van der Waals surface area contributed by atoms with E-state index in [4.69, 9.17) is 14.3 Å². The lowest BCUT2D eigenvalue weighted by atomic mass is 10.1. The summed E-state index contributed by atoms with van der Waals surface area (Å²) in [4.78, 5) is 29.5. The Morgan fingerprint density at radius 1 is 1.32 bits per heavy atom. The molecule has 6 nitrogen and oxygen atoms in total. The SMILES string of the molecule is CC#Cc1cc(Br)c(CC(=O)NOC(=O)C2CCC(COCC)C2)c(OC)c1. The first-order valence-electron chi connectivity index (χ1n) is 9.34. The molecule has 7 heteroatoms. The van der Waals surface area contributed by atoms with Gasteiger partial charge in [-0.15, -0.1) is 5.92 Å². The van der Waals surface area contributed by atoms with Gasteiger partial charge in [0.15, 0.2) is 0 Å². The molecule has 1 saturated carbocycles. The largest absolute Gasteiger partial charge is 0.496 e. The van der Waals surface area contributed by atoms with Crippen LogP contribution in [0.15, 0.2) is 16.6 Å². The number of hydrogen-bond acceptors (Lipinski definition) is 5. The van der Waals surface area contributed by atoms with Gasteiger partial charge in [0, 0.05) is 28.8 Å². The Morgan fingerprint density at radius 2 is 2.11 bits per heavy atom. The number of carbonyl (C=O) groups is 2. The topological polar surface area (TPSA) is 73.9 Å². The van der Waals surface area contributed by atoms with Gasteiger partial charge in [0.05, 0.1) is 19.4 Å². The molecular formula is C21H26BrNO5. The third-order valence-electron chi connectivity index (χ3n) is 4.68. The molecule has 0 aromatic heterocycles. The minimum Gasteiger partial charge on any atom is -0.496 e. The summed E-state index contributed by atoms with van der Waals surface area (Å²) in [7, 11) is 1.53. The minimum atomic E-state index is -0.425. The lowest BCUT2D eigenvalue weighted by molar-refractivity contribution is -0.162. The average molecular weight is 452 g/mol. The number of benzene rings is 1. The highest BCUT2D eigenvalue weighted by molar-refractivity contribution is 9.10. The zero-order chi connectivity index (χ0) is 20.5. The second-order valence-corrected chi connectivity index (χ2v) is 7.53. The van der Waals surface area contributed by atoms with Crippen LogP contribution in [0.3, 0.4) is 0 Å². The normalized spacial score (nSPS) is 18.1. The minimum absolute atomic E-state index is 0.00843. The molecule has 1 aromatic carbocycles. The molecule has 1 aromatic rings. The number of methoxy groups -OCH3 is 1. The van der Waals surface area contributed by atoms with E-state index in [1.54, 1.807) is 13.0 Å². The Hall–Kier alpha value is -2.04. The summed E-state index contributed by atoms with van der Waals surface area (Å²) in [6.07, 6.45) is 2.43. The van der Waals surface area contributed by atoms with E-state index in [2.05, 4.69) is 33.3 Å². The Labute approximate surface area is 174 Å². The maximum atomic E-state index is 12.3. The summed E-state index contributed by atoms with van der Waals surface area (Å²) in [5.74, 6) is 5.68. The number of nitrogens with one attached hydrogen (secondary N) is 1. The molecule has 0 spiro atoms. The van der Waals surface area contributed by atoms with E-state index < -0.39 is 11.9 Å². The number of rotatable bonds is 7. The molecule has 152 valence electrons. The Bertz CT molecular complexity index is 768. The molecule has 0 saturated heterocycles. The van der Waals surface area contributed by atoms with Crippen molar-refractivity contribution in [3.8, 4) is 17.6 Å². The maximum absolute atomic E-state index is 12.3. The lowest BCUT2D eigenvalue weighted by Gasteiger charge is -2.13. The summed E-state index contributed by atoms with van der Waals surface area (Å²) < 4.78 is 11.5. The monoisotopic (exact) mass is 451 g/mol. The maximum Gasteiger partial charge on any atom is 0.335 e. The molecule has 1 aliphatic rings. The van der Waals surface area contributed by atoms with Crippen LogP contribution in [0.2, 0.25) is 0 Å². The van der Waals surface area contributed by atoms with E-state index >= 15 is 0 Å². The first kappa shape index (κ1) is 22.3. The van der Waals surface area contributed by atoms with Crippen LogP contribution < -0.4 is 10.2 Å². The number of halogens is 1. The predicted octanol–water partition coefficient (Wildman–Crippen LogP) is 3.40. The molecule has 2 rings (SSSR count). The van der Waals surface area contributed by atoms with Crippen LogP contribution in [0.4, 0.5) is 0 Å². The van der Waals surface area contributed by atoms with Crippen molar-refractivity contribution in [3.63, 3.8) is 0 Å². The van der Waals surface area contributed by atoms with Gasteiger partial charge >= 0.3 is 5.97 Å². The number of ether oxygens (including phenoxy) is 2. The van der Waals surface area contributed by atoms with E-state index in [-0.39, 0.29) is 12.3 Å². The van der Waals surface area contributed by atoms with Crippen molar-refractivity contribution in [2.75, 3.05) is 20.3 Å². The van der Waals surface area contributed by atoms with Crippen molar-refractivity contribution in [2.24, 2.45) is 11.8 Å². The summed E-state index contributed by atoms with van der Waals surface area (Å²) in [5.41, 5.74) is 3.70. The molecule has 0 radical (unpaired) electrons. The highest BCUT2D eigenvalue weighted by Gasteiger charge is 2.31. The van der Waals surface area contributed by atoms with E-state index in [1.807, 2.05) is 13.0 Å². The molecule has 1 N–H and O–H groups in total. The molecule has 0 heterocycles. The quantitative estimate of drug-likeness (QED) is 0.507. The predicted molar refractivity (Wildman–Crippen MR) is 109 cm³/mol. The summed E-state index contributed by atoms with van der Waals surface area (Å²) in [6, 6.07) is 3.59. The van der Waals surface area contributed by atoms with Crippen molar-refractivity contribution in [1.29, 1.82) is 0 Å². The highest BCUT2D eigenvalue weighted by Crippen LogP contribution is 2.32. The van der Waals surface area contributed by atoms with Gasteiger partial charge in [-0.3, -0.25) is 4.79 Å². The molecule has 0 aliphatic heterocycles. The van der Waals surface area contributed by atoms with Crippen LogP contribution in [-0.2, 0) is 25.6 Å². The van der Waals surface area contributed by atoms with Crippen molar-refractivity contribution >= 4 is 27.8 Å². The fourth-order valence-corrected chi connectivity index (χ4v) is 3.88. The van der Waals surface area contributed by atoms with Crippen LogP contribution in [0.25, 0.3) is 0 Å². The number of amides is 1. The zero-order valence-electron chi connectivity index (χ0n) is 16.5. The molecule has 1 amide bonds. The Balaban J connectivity index is 1.89. The standard InChI is InChI=1S/C21H26BrNO5/c1-4-6-14-10-18(22)17(19(11-14)26-3)12-20(24)23-28-21(25)16-8-7-15(9-16)13-27-5-2/h10-11,15-16H,5,7-9,12-13H2,1-3H3,(H,23,24). The van der Waals surface area contributed by atoms with Gasteiger partial charge in [0.25, 0.3) is 5.91 Å². The second-order valence-electron chi connectivity index (χ2n) is 6.67. The van der Waals surface area contributed by atoms with Gasteiger partial charge in [-0.25, -0.2) is 4.79 Å². The fourth-order valence-electron chi connectivity index (χ4n) is 3.29. The first-order valence-corrected chi connectivity index (χ1v) is 10.1. The van der Waals surface area contributed by atoms with Crippen molar-refractivity contribution in [1.82, 2.24) is 5.48 Å². The van der Waals surface area contributed by atoms with E-state index in [0.717, 1.165) is 24.8 Å². The molecule has 1 fully saturated rings. The molecule has 2 unspecified atom stereocenters. The number of carbonyl (C=O) groups excluding carboxylic acids is 2. The highest BCUT2D eigenvalue weighted by atomic mass is 79.9. The van der Waals surface area contributed by atoms with Crippen molar-refractivity contribution in [2.45, 2.75) is 39.5 Å². The molecule has 28 heavy (non-hydrogen) atoms. The molecule has 1 aliphatic carbocycles. The average Bonchev–Trinajstić information content (AvgIpc) is 3.15. The van der Waals surface area contributed by atoms with Gasteiger partial charge < -0.3 is 14.3 Å². The first-order chi connectivity index (χ1) is 13.5. The second kappa shape index (κ2) is 11.1. The van der Waals surface area contributed by atoms with Crippen molar-refractivity contribution in [3.05, 3.63) is 27.7 Å². The van der Waals surface area contributed by atoms with Crippen LogP contribution in [0.5, 0.6) is 5.75 Å². The third kappa shape index (κ3) is 6.25. The smallest absolute Gasteiger partial charge is 0.335 e. The summed E-state index contributed by atoms with van der Waals surface area (Å²) >= 11 is 3.45. The number of hydroxylamine groups is 1. The zero-order valence-corrected chi connectivity index (χ0v) is 18.1. The van der Waals surface area contributed by atoms with Crippen LogP contribution in [0.1, 0.15) is 44.2 Å². The van der Waals surface area contributed by atoms with Crippen LogP contribution in [0, 0.1) is 23.7 Å². The van der Waals surface area contributed by atoms with E-state index in [1.165, 1.54) is 7.11 Å². The molecule has 2 atom stereocenters.